The normalized spacial score (nSPS) is 27.9. The number of aliphatic hydroxyl groups excluding tert-OH is 1. The summed E-state index contributed by atoms with van der Waals surface area (Å²) in [5.74, 6) is -1.60. The molecule has 3 N–H and O–H groups in total. The molecule has 104 valence electrons. The van der Waals surface area contributed by atoms with Crippen LogP contribution in [0, 0.1) is 5.92 Å². The Morgan fingerprint density at radius 3 is 2.61 bits per heavy atom. The molecule has 1 aliphatic heterocycles. The number of rotatable bonds is 5. The number of carboxylic acids is 1. The minimum atomic E-state index is -3.70. The van der Waals surface area contributed by atoms with Crippen molar-refractivity contribution in [2.24, 2.45) is 5.92 Å². The molecule has 2 rings (SSSR count). The third-order valence-electron chi connectivity index (χ3n) is 3.57. The molecule has 0 aromatic carbocycles. The highest BCUT2D eigenvalue weighted by atomic mass is 32.2. The van der Waals surface area contributed by atoms with Crippen LogP contribution in [0.1, 0.15) is 25.7 Å². The number of hydrogen-bond donors (Lipinski definition) is 3. The van der Waals surface area contributed by atoms with Gasteiger partial charge in [0.05, 0.1) is 18.1 Å². The number of nitrogens with one attached hydrogen (secondary N) is 1. The fourth-order valence-electron chi connectivity index (χ4n) is 2.14. The van der Waals surface area contributed by atoms with Crippen molar-refractivity contribution < 1.29 is 23.4 Å². The SMILES string of the molecule is O=C(O)C1CCCN(S(=O)(=O)NC2(CO)CC2)C1. The average molecular weight is 278 g/mol. The maximum absolute atomic E-state index is 12.1. The Labute approximate surface area is 106 Å². The van der Waals surface area contributed by atoms with Gasteiger partial charge in [-0.2, -0.15) is 17.4 Å². The van der Waals surface area contributed by atoms with Crippen LogP contribution >= 0.6 is 0 Å². The molecule has 1 aliphatic carbocycles. The van der Waals surface area contributed by atoms with Crippen LogP contribution in [0.25, 0.3) is 0 Å². The summed E-state index contributed by atoms with van der Waals surface area (Å²) in [7, 11) is -3.70. The third kappa shape index (κ3) is 2.82. The number of carbonyl (C=O) groups is 1. The van der Waals surface area contributed by atoms with Gasteiger partial charge in [-0.05, 0) is 25.7 Å². The molecule has 1 atom stereocenters. The molecular weight excluding hydrogens is 260 g/mol. The quantitative estimate of drug-likeness (QED) is 0.607. The number of aliphatic carboxylic acids is 1. The fraction of sp³-hybridized carbons (Fsp3) is 0.900. The molecule has 2 aliphatic rings. The van der Waals surface area contributed by atoms with Gasteiger partial charge in [-0.3, -0.25) is 4.79 Å². The lowest BCUT2D eigenvalue weighted by Crippen LogP contribution is -2.51. The van der Waals surface area contributed by atoms with Gasteiger partial charge < -0.3 is 10.2 Å². The van der Waals surface area contributed by atoms with Gasteiger partial charge in [0.1, 0.15) is 0 Å². The Morgan fingerprint density at radius 2 is 2.11 bits per heavy atom. The molecule has 0 aromatic rings. The van der Waals surface area contributed by atoms with Crippen LogP contribution in [0.3, 0.4) is 0 Å². The number of piperidine rings is 1. The summed E-state index contributed by atoms with van der Waals surface area (Å²) in [5, 5.41) is 18.0. The third-order valence-corrected chi connectivity index (χ3v) is 5.28. The minimum Gasteiger partial charge on any atom is -0.481 e. The number of hydrogen-bond acceptors (Lipinski definition) is 4. The first-order valence-electron chi connectivity index (χ1n) is 6.01. The smallest absolute Gasteiger partial charge is 0.307 e. The van der Waals surface area contributed by atoms with E-state index in [1.807, 2.05) is 0 Å². The van der Waals surface area contributed by atoms with E-state index >= 15 is 0 Å². The van der Waals surface area contributed by atoms with Crippen LogP contribution in [0.15, 0.2) is 0 Å². The van der Waals surface area contributed by atoms with Crippen molar-refractivity contribution in [1.29, 1.82) is 0 Å². The van der Waals surface area contributed by atoms with E-state index in [1.165, 1.54) is 4.31 Å². The number of carboxylic acid groups (broad SMARTS) is 1. The van der Waals surface area contributed by atoms with Gasteiger partial charge in [-0.1, -0.05) is 0 Å². The molecular formula is C10H18N2O5S. The molecule has 0 spiro atoms. The largest absolute Gasteiger partial charge is 0.481 e. The van der Waals surface area contributed by atoms with Crippen LogP contribution in [0.4, 0.5) is 0 Å². The van der Waals surface area contributed by atoms with E-state index in [1.54, 1.807) is 0 Å². The zero-order chi connectivity index (χ0) is 13.4. The van der Waals surface area contributed by atoms with Crippen molar-refractivity contribution in [3.05, 3.63) is 0 Å². The van der Waals surface area contributed by atoms with Crippen molar-refractivity contribution in [2.75, 3.05) is 19.7 Å². The Hall–Kier alpha value is -0.700. The summed E-state index contributed by atoms with van der Waals surface area (Å²) in [6, 6.07) is 0. The second-order valence-corrected chi connectivity index (χ2v) is 6.75. The fourth-order valence-corrected chi connectivity index (χ4v) is 3.83. The predicted molar refractivity (Wildman–Crippen MR) is 63.0 cm³/mol. The Morgan fingerprint density at radius 1 is 1.44 bits per heavy atom. The van der Waals surface area contributed by atoms with Gasteiger partial charge >= 0.3 is 5.97 Å². The summed E-state index contributed by atoms with van der Waals surface area (Å²) in [4.78, 5) is 10.9. The molecule has 7 nitrogen and oxygen atoms in total. The molecule has 1 saturated carbocycles. The van der Waals surface area contributed by atoms with Crippen LogP contribution in [0.5, 0.6) is 0 Å². The first-order valence-corrected chi connectivity index (χ1v) is 7.45. The van der Waals surface area contributed by atoms with E-state index in [0.717, 1.165) is 0 Å². The average Bonchev–Trinajstić information content (AvgIpc) is 3.09. The maximum atomic E-state index is 12.1. The molecule has 1 unspecified atom stereocenters. The molecule has 0 amide bonds. The molecule has 1 saturated heterocycles. The van der Waals surface area contributed by atoms with E-state index in [9.17, 15) is 13.2 Å². The van der Waals surface area contributed by atoms with Crippen molar-refractivity contribution in [3.63, 3.8) is 0 Å². The summed E-state index contributed by atoms with van der Waals surface area (Å²) in [6.45, 7) is 0.120. The maximum Gasteiger partial charge on any atom is 0.307 e. The van der Waals surface area contributed by atoms with Crippen LogP contribution in [0.2, 0.25) is 0 Å². The van der Waals surface area contributed by atoms with E-state index in [4.69, 9.17) is 10.2 Å². The highest BCUT2D eigenvalue weighted by molar-refractivity contribution is 7.87. The molecule has 8 heteroatoms. The van der Waals surface area contributed by atoms with Gasteiger partial charge in [0.25, 0.3) is 10.2 Å². The summed E-state index contributed by atoms with van der Waals surface area (Å²) in [5.41, 5.74) is -0.713. The predicted octanol–water partition coefficient (Wildman–Crippen LogP) is -0.858. The van der Waals surface area contributed by atoms with E-state index < -0.39 is 27.6 Å². The Kier molecular flexibility index (Phi) is 3.63. The van der Waals surface area contributed by atoms with E-state index in [-0.39, 0.29) is 13.2 Å². The standard InChI is InChI=1S/C10H18N2O5S/c13-7-10(3-4-10)11-18(16,17)12-5-1-2-8(6-12)9(14)15/h8,11,13H,1-7H2,(H,14,15). The van der Waals surface area contributed by atoms with Crippen molar-refractivity contribution >= 4 is 16.2 Å². The van der Waals surface area contributed by atoms with Gasteiger partial charge in [0.2, 0.25) is 0 Å². The number of nitrogens with zero attached hydrogens (tertiary/aromatic N) is 1. The molecule has 0 radical (unpaired) electrons. The molecule has 2 fully saturated rings. The molecule has 0 aromatic heterocycles. The van der Waals surface area contributed by atoms with Crippen molar-refractivity contribution in [3.8, 4) is 0 Å². The summed E-state index contributed by atoms with van der Waals surface area (Å²) < 4.78 is 27.8. The summed E-state index contributed by atoms with van der Waals surface area (Å²) in [6.07, 6.45) is 2.30. The monoisotopic (exact) mass is 278 g/mol. The minimum absolute atomic E-state index is 0.00613. The highest BCUT2D eigenvalue weighted by Crippen LogP contribution is 2.36. The topological polar surface area (TPSA) is 107 Å². The van der Waals surface area contributed by atoms with E-state index in [0.29, 0.717) is 32.2 Å². The van der Waals surface area contributed by atoms with Crippen LogP contribution in [-0.2, 0) is 15.0 Å². The lowest BCUT2D eigenvalue weighted by molar-refractivity contribution is -0.142. The van der Waals surface area contributed by atoms with Gasteiger partial charge in [0.15, 0.2) is 0 Å². The van der Waals surface area contributed by atoms with Gasteiger partial charge in [-0.25, -0.2) is 0 Å². The lowest BCUT2D eigenvalue weighted by Gasteiger charge is -2.31. The second kappa shape index (κ2) is 4.76. The Bertz CT molecular complexity index is 432. The second-order valence-electron chi connectivity index (χ2n) is 5.08. The number of aliphatic hydroxyl groups is 1. The van der Waals surface area contributed by atoms with Crippen molar-refractivity contribution in [1.82, 2.24) is 9.03 Å². The molecule has 18 heavy (non-hydrogen) atoms. The zero-order valence-corrected chi connectivity index (χ0v) is 10.8. The van der Waals surface area contributed by atoms with Crippen LogP contribution in [-0.4, -0.2) is 54.1 Å². The summed E-state index contributed by atoms with van der Waals surface area (Å²) >= 11 is 0. The first-order chi connectivity index (χ1) is 8.38. The first kappa shape index (κ1) is 13.7. The van der Waals surface area contributed by atoms with Gasteiger partial charge in [0, 0.05) is 13.1 Å². The molecule has 0 bridgehead atoms. The van der Waals surface area contributed by atoms with Crippen molar-refractivity contribution in [2.45, 2.75) is 31.2 Å². The highest BCUT2D eigenvalue weighted by Gasteiger charge is 2.47. The molecule has 1 heterocycles. The Balaban J connectivity index is 2.03. The van der Waals surface area contributed by atoms with Crippen LogP contribution < -0.4 is 4.72 Å². The van der Waals surface area contributed by atoms with Gasteiger partial charge in [-0.15, -0.1) is 0 Å². The lowest BCUT2D eigenvalue weighted by atomic mass is 10.0. The van der Waals surface area contributed by atoms with E-state index in [2.05, 4.69) is 4.72 Å². The zero-order valence-electron chi connectivity index (χ0n) is 10.0.